The van der Waals surface area contributed by atoms with Crippen molar-refractivity contribution in [1.82, 2.24) is 15.1 Å². The normalized spacial score (nSPS) is 20.2. The zero-order valence-corrected chi connectivity index (χ0v) is 12.7. The fourth-order valence-electron chi connectivity index (χ4n) is 2.78. The molecule has 1 atom stereocenters. The van der Waals surface area contributed by atoms with Crippen molar-refractivity contribution < 1.29 is 0 Å². The first-order valence-corrected chi connectivity index (χ1v) is 7.98. The molecule has 0 saturated carbocycles. The van der Waals surface area contributed by atoms with Crippen LogP contribution >= 0.6 is 0 Å². The van der Waals surface area contributed by atoms with Crippen molar-refractivity contribution in [1.29, 1.82) is 0 Å². The van der Waals surface area contributed by atoms with Crippen molar-refractivity contribution >= 4 is 0 Å². The molecule has 0 aromatic heterocycles. The van der Waals surface area contributed by atoms with Crippen LogP contribution in [0.2, 0.25) is 0 Å². The third kappa shape index (κ3) is 6.17. The van der Waals surface area contributed by atoms with E-state index in [0.717, 1.165) is 0 Å². The lowest BCUT2D eigenvalue weighted by molar-refractivity contribution is 0.121. The van der Waals surface area contributed by atoms with Gasteiger partial charge in [0.2, 0.25) is 0 Å². The molecule has 1 fully saturated rings. The van der Waals surface area contributed by atoms with Gasteiger partial charge in [0.05, 0.1) is 0 Å². The fraction of sp³-hybridized carbons (Fsp3) is 1.00. The monoisotopic (exact) mass is 255 g/mol. The first-order chi connectivity index (χ1) is 8.80. The molecule has 1 saturated heterocycles. The summed E-state index contributed by atoms with van der Waals surface area (Å²) in [6, 6.07) is 0.702. The second kappa shape index (κ2) is 9.76. The van der Waals surface area contributed by atoms with Crippen LogP contribution in [0.4, 0.5) is 0 Å². The van der Waals surface area contributed by atoms with Crippen LogP contribution in [0, 0.1) is 0 Å². The van der Waals surface area contributed by atoms with Crippen LogP contribution in [0.5, 0.6) is 0 Å². The van der Waals surface area contributed by atoms with Crippen LogP contribution in [0.1, 0.15) is 46.5 Å². The summed E-state index contributed by atoms with van der Waals surface area (Å²) < 4.78 is 0. The van der Waals surface area contributed by atoms with E-state index in [-0.39, 0.29) is 0 Å². The number of rotatable bonds is 9. The molecule has 18 heavy (non-hydrogen) atoms. The van der Waals surface area contributed by atoms with Crippen LogP contribution in [-0.4, -0.2) is 61.7 Å². The Labute approximate surface area is 114 Å². The maximum absolute atomic E-state index is 3.70. The molecule has 0 amide bonds. The minimum absolute atomic E-state index is 0.702. The molecular weight excluding hydrogens is 222 g/mol. The largest absolute Gasteiger partial charge is 0.313 e. The van der Waals surface area contributed by atoms with Gasteiger partial charge in [-0.05, 0) is 32.4 Å². The van der Waals surface area contributed by atoms with Crippen molar-refractivity contribution in [3.8, 4) is 0 Å². The van der Waals surface area contributed by atoms with Gasteiger partial charge in [0, 0.05) is 38.8 Å². The van der Waals surface area contributed by atoms with E-state index < -0.39 is 0 Å². The number of hydrogen-bond donors (Lipinski definition) is 1. The summed E-state index contributed by atoms with van der Waals surface area (Å²) in [6.45, 7) is 15.6. The van der Waals surface area contributed by atoms with Gasteiger partial charge in [-0.1, -0.05) is 27.2 Å². The maximum Gasteiger partial charge on any atom is 0.0194 e. The van der Waals surface area contributed by atoms with Gasteiger partial charge in [-0.25, -0.2) is 0 Å². The van der Waals surface area contributed by atoms with E-state index in [9.17, 15) is 0 Å². The molecule has 0 bridgehead atoms. The van der Waals surface area contributed by atoms with Crippen LogP contribution in [0.25, 0.3) is 0 Å². The van der Waals surface area contributed by atoms with Gasteiger partial charge in [0.15, 0.2) is 0 Å². The second-order valence-electron chi connectivity index (χ2n) is 5.58. The summed E-state index contributed by atoms with van der Waals surface area (Å²) in [5, 5.41) is 3.70. The van der Waals surface area contributed by atoms with Gasteiger partial charge >= 0.3 is 0 Å². The number of hydrogen-bond acceptors (Lipinski definition) is 3. The van der Waals surface area contributed by atoms with E-state index in [2.05, 4.69) is 35.9 Å². The van der Waals surface area contributed by atoms with Gasteiger partial charge in [-0.15, -0.1) is 0 Å². The summed E-state index contributed by atoms with van der Waals surface area (Å²) in [7, 11) is 0. The Morgan fingerprint density at radius 1 is 0.889 bits per heavy atom. The minimum atomic E-state index is 0.702. The molecule has 0 radical (unpaired) electrons. The van der Waals surface area contributed by atoms with Crippen LogP contribution in [0.3, 0.4) is 0 Å². The predicted octanol–water partition coefficient (Wildman–Crippen LogP) is 2.18. The number of nitrogens with one attached hydrogen (secondary N) is 1. The predicted molar refractivity (Wildman–Crippen MR) is 80.2 cm³/mol. The number of piperazine rings is 1. The molecule has 3 nitrogen and oxygen atoms in total. The molecule has 0 spiro atoms. The van der Waals surface area contributed by atoms with Crippen LogP contribution in [0.15, 0.2) is 0 Å². The zero-order chi connectivity index (χ0) is 13.2. The molecule has 108 valence electrons. The molecule has 0 aliphatic carbocycles. The van der Waals surface area contributed by atoms with Crippen molar-refractivity contribution in [2.45, 2.75) is 52.5 Å². The standard InChI is InChI=1S/C15H33N3/c1-4-7-15(16-8-5-2)14-18-12-10-17(9-6-3)11-13-18/h15-16H,4-14H2,1-3H3. The van der Waals surface area contributed by atoms with E-state index in [1.54, 1.807) is 0 Å². The van der Waals surface area contributed by atoms with Gasteiger partial charge in [0.25, 0.3) is 0 Å². The molecule has 0 aromatic carbocycles. The highest BCUT2D eigenvalue weighted by Crippen LogP contribution is 2.06. The van der Waals surface area contributed by atoms with Gasteiger partial charge in [0.1, 0.15) is 0 Å². The average molecular weight is 255 g/mol. The van der Waals surface area contributed by atoms with Gasteiger partial charge in [-0.3, -0.25) is 4.90 Å². The van der Waals surface area contributed by atoms with Crippen molar-refractivity contribution in [3.05, 3.63) is 0 Å². The lowest BCUT2D eigenvalue weighted by atomic mass is 10.1. The minimum Gasteiger partial charge on any atom is -0.313 e. The summed E-state index contributed by atoms with van der Waals surface area (Å²) in [6.07, 6.45) is 5.13. The Bertz CT molecular complexity index is 188. The Hall–Kier alpha value is -0.120. The summed E-state index contributed by atoms with van der Waals surface area (Å²) in [5.74, 6) is 0. The number of nitrogens with zero attached hydrogens (tertiary/aromatic N) is 2. The van der Waals surface area contributed by atoms with Crippen LogP contribution < -0.4 is 5.32 Å². The lowest BCUT2D eigenvalue weighted by Gasteiger charge is -2.36. The van der Waals surface area contributed by atoms with E-state index in [1.807, 2.05) is 0 Å². The molecule has 1 aliphatic rings. The molecule has 1 unspecified atom stereocenters. The SMILES string of the molecule is CCCNC(CCC)CN1CCN(CCC)CC1. The molecule has 0 aromatic rings. The van der Waals surface area contributed by atoms with Crippen LogP contribution in [-0.2, 0) is 0 Å². The lowest BCUT2D eigenvalue weighted by Crippen LogP contribution is -2.50. The summed E-state index contributed by atoms with van der Waals surface area (Å²) >= 11 is 0. The molecule has 3 heteroatoms. The second-order valence-corrected chi connectivity index (χ2v) is 5.58. The Kier molecular flexibility index (Phi) is 8.64. The quantitative estimate of drug-likeness (QED) is 0.681. The van der Waals surface area contributed by atoms with Crippen molar-refractivity contribution in [2.75, 3.05) is 45.8 Å². The highest BCUT2D eigenvalue weighted by Gasteiger charge is 2.18. The van der Waals surface area contributed by atoms with E-state index in [4.69, 9.17) is 0 Å². The summed E-state index contributed by atoms with van der Waals surface area (Å²) in [5.41, 5.74) is 0. The first kappa shape index (κ1) is 15.9. The van der Waals surface area contributed by atoms with Gasteiger partial charge < -0.3 is 10.2 Å². The van der Waals surface area contributed by atoms with E-state index in [1.165, 1.54) is 71.5 Å². The fourth-order valence-corrected chi connectivity index (χ4v) is 2.78. The Morgan fingerprint density at radius 3 is 2.11 bits per heavy atom. The molecule has 1 heterocycles. The molecular formula is C15H33N3. The zero-order valence-electron chi connectivity index (χ0n) is 12.7. The highest BCUT2D eigenvalue weighted by atomic mass is 15.3. The van der Waals surface area contributed by atoms with E-state index >= 15 is 0 Å². The first-order valence-electron chi connectivity index (χ1n) is 7.98. The smallest absolute Gasteiger partial charge is 0.0194 e. The summed E-state index contributed by atoms with van der Waals surface area (Å²) in [4.78, 5) is 5.25. The van der Waals surface area contributed by atoms with E-state index in [0.29, 0.717) is 6.04 Å². The Balaban J connectivity index is 2.23. The third-order valence-electron chi connectivity index (χ3n) is 3.80. The topological polar surface area (TPSA) is 18.5 Å². The molecule has 1 aliphatic heterocycles. The van der Waals surface area contributed by atoms with Crippen molar-refractivity contribution in [3.63, 3.8) is 0 Å². The maximum atomic E-state index is 3.70. The molecule has 1 rings (SSSR count). The Morgan fingerprint density at radius 2 is 1.56 bits per heavy atom. The highest BCUT2D eigenvalue weighted by molar-refractivity contribution is 4.77. The third-order valence-corrected chi connectivity index (χ3v) is 3.80. The van der Waals surface area contributed by atoms with Gasteiger partial charge in [-0.2, -0.15) is 0 Å². The molecule has 1 N–H and O–H groups in total. The van der Waals surface area contributed by atoms with Crippen molar-refractivity contribution in [2.24, 2.45) is 0 Å². The average Bonchev–Trinajstić information content (AvgIpc) is 2.39.